The second kappa shape index (κ2) is 9.68. The van der Waals surface area contributed by atoms with Crippen molar-refractivity contribution < 1.29 is 23.8 Å². The van der Waals surface area contributed by atoms with Crippen LogP contribution in [-0.2, 0) is 22.5 Å². The largest absolute Gasteiger partial charge is 0.493 e. The molecule has 1 fully saturated rings. The molecule has 0 N–H and O–H groups in total. The van der Waals surface area contributed by atoms with Gasteiger partial charge in [-0.05, 0) is 55.5 Å². The molecule has 31 heavy (non-hydrogen) atoms. The van der Waals surface area contributed by atoms with E-state index < -0.39 is 17.9 Å². The summed E-state index contributed by atoms with van der Waals surface area (Å²) in [6, 6.07) is 6.72. The molecule has 1 aromatic heterocycles. The summed E-state index contributed by atoms with van der Waals surface area (Å²) in [5.41, 5.74) is 1.31. The average molecular weight is 428 g/mol. The van der Waals surface area contributed by atoms with E-state index in [1.165, 1.54) is 16.6 Å². The van der Waals surface area contributed by atoms with Gasteiger partial charge in [0.1, 0.15) is 11.6 Å². The van der Waals surface area contributed by atoms with Gasteiger partial charge >= 0.3 is 5.97 Å². The number of esters is 1. The van der Waals surface area contributed by atoms with Gasteiger partial charge in [0.25, 0.3) is 11.5 Å². The molecule has 166 valence electrons. The van der Waals surface area contributed by atoms with Gasteiger partial charge in [0.2, 0.25) is 0 Å². The number of hydrogen-bond acceptors (Lipinski definition) is 6. The van der Waals surface area contributed by atoms with Gasteiger partial charge in [-0.25, -0.2) is 4.79 Å². The number of pyridine rings is 1. The molecule has 1 saturated heterocycles. The first-order chi connectivity index (χ1) is 14.9. The van der Waals surface area contributed by atoms with Crippen LogP contribution in [0.2, 0.25) is 0 Å². The minimum atomic E-state index is -0.642. The summed E-state index contributed by atoms with van der Waals surface area (Å²) in [7, 11) is 4.45. The van der Waals surface area contributed by atoms with Crippen molar-refractivity contribution in [1.82, 2.24) is 9.47 Å². The number of aromatic nitrogens is 1. The Bertz CT molecular complexity index is 1030. The topological polar surface area (TPSA) is 87.1 Å². The minimum absolute atomic E-state index is 0.102. The standard InChI is InChI=1S/C23H28N2O6/c1-15-9-12-24(13-10-16-7-8-18(29-2)19(14-16)30-3)21(26)20(15)22(27)25-11-5-6-17(25)23(28)31-4/h7-9,12,14,17H,5-6,10-11,13H2,1-4H3/t17-/m1/s1. The molecular formula is C23H28N2O6. The molecule has 1 amide bonds. The molecule has 0 aliphatic carbocycles. The van der Waals surface area contributed by atoms with Crippen molar-refractivity contribution in [2.24, 2.45) is 0 Å². The quantitative estimate of drug-likeness (QED) is 0.629. The Labute approximate surface area is 181 Å². The van der Waals surface area contributed by atoms with E-state index >= 15 is 0 Å². The van der Waals surface area contributed by atoms with Crippen LogP contribution in [0.5, 0.6) is 11.5 Å². The van der Waals surface area contributed by atoms with Crippen LogP contribution in [0.4, 0.5) is 0 Å². The van der Waals surface area contributed by atoms with Gasteiger partial charge in [-0.1, -0.05) is 6.07 Å². The summed E-state index contributed by atoms with van der Waals surface area (Å²) in [4.78, 5) is 39.8. The predicted octanol–water partition coefficient (Wildman–Crippen LogP) is 2.19. The fourth-order valence-electron chi connectivity index (χ4n) is 3.92. The molecule has 0 radical (unpaired) electrons. The van der Waals surface area contributed by atoms with Gasteiger partial charge in [-0.15, -0.1) is 0 Å². The Morgan fingerprint density at radius 1 is 1.10 bits per heavy atom. The van der Waals surface area contributed by atoms with Gasteiger partial charge < -0.3 is 23.7 Å². The molecule has 8 nitrogen and oxygen atoms in total. The number of rotatable bonds is 7. The fourth-order valence-corrected chi connectivity index (χ4v) is 3.92. The Balaban J connectivity index is 1.83. The Morgan fingerprint density at radius 2 is 1.84 bits per heavy atom. The Kier molecular flexibility index (Phi) is 6.99. The summed E-state index contributed by atoms with van der Waals surface area (Å²) >= 11 is 0. The van der Waals surface area contributed by atoms with E-state index in [-0.39, 0.29) is 11.1 Å². The summed E-state index contributed by atoms with van der Waals surface area (Å²) in [5, 5.41) is 0. The lowest BCUT2D eigenvalue weighted by Crippen LogP contribution is -2.44. The molecular weight excluding hydrogens is 400 g/mol. The third kappa shape index (κ3) is 4.57. The summed E-state index contributed by atoms with van der Waals surface area (Å²) in [6.45, 7) is 2.56. The number of aryl methyl sites for hydroxylation is 3. The lowest BCUT2D eigenvalue weighted by Gasteiger charge is -2.23. The highest BCUT2D eigenvalue weighted by atomic mass is 16.5. The minimum Gasteiger partial charge on any atom is -0.493 e. The van der Waals surface area contributed by atoms with Gasteiger partial charge in [-0.2, -0.15) is 0 Å². The zero-order valence-corrected chi connectivity index (χ0v) is 18.3. The van der Waals surface area contributed by atoms with Crippen LogP contribution in [0.25, 0.3) is 0 Å². The van der Waals surface area contributed by atoms with E-state index in [4.69, 9.17) is 14.2 Å². The van der Waals surface area contributed by atoms with Crippen LogP contribution in [0.1, 0.15) is 34.3 Å². The maximum Gasteiger partial charge on any atom is 0.328 e. The predicted molar refractivity (Wildman–Crippen MR) is 115 cm³/mol. The number of likely N-dealkylation sites (tertiary alicyclic amines) is 1. The van der Waals surface area contributed by atoms with Crippen molar-refractivity contribution in [1.29, 1.82) is 0 Å². The maximum absolute atomic E-state index is 13.2. The maximum atomic E-state index is 13.2. The smallest absolute Gasteiger partial charge is 0.328 e. The lowest BCUT2D eigenvalue weighted by atomic mass is 10.1. The third-order valence-electron chi connectivity index (χ3n) is 5.66. The van der Waals surface area contributed by atoms with E-state index in [9.17, 15) is 14.4 Å². The van der Waals surface area contributed by atoms with Crippen LogP contribution in [0, 0.1) is 6.92 Å². The van der Waals surface area contributed by atoms with E-state index in [0.29, 0.717) is 49.4 Å². The highest BCUT2D eigenvalue weighted by Gasteiger charge is 2.36. The van der Waals surface area contributed by atoms with Crippen molar-refractivity contribution in [3.05, 3.63) is 57.5 Å². The lowest BCUT2D eigenvalue weighted by molar-refractivity contribution is -0.145. The second-order valence-corrected chi connectivity index (χ2v) is 7.49. The van der Waals surface area contributed by atoms with Gasteiger partial charge in [-0.3, -0.25) is 9.59 Å². The van der Waals surface area contributed by atoms with E-state index in [2.05, 4.69) is 0 Å². The molecule has 0 unspecified atom stereocenters. The Morgan fingerprint density at radius 3 is 2.52 bits per heavy atom. The number of carbonyl (C=O) groups is 2. The molecule has 2 heterocycles. The van der Waals surface area contributed by atoms with Crippen molar-refractivity contribution >= 4 is 11.9 Å². The molecule has 1 atom stereocenters. The van der Waals surface area contributed by atoms with Crippen molar-refractivity contribution in [3.63, 3.8) is 0 Å². The van der Waals surface area contributed by atoms with Gasteiger partial charge in [0.15, 0.2) is 11.5 Å². The number of nitrogens with zero attached hydrogens (tertiary/aromatic N) is 2. The number of methoxy groups -OCH3 is 3. The first-order valence-electron chi connectivity index (χ1n) is 10.2. The SMILES string of the molecule is COC(=O)[C@H]1CCCN1C(=O)c1c(C)ccn(CCc2ccc(OC)c(OC)c2)c1=O. The van der Waals surface area contributed by atoms with E-state index in [1.54, 1.807) is 33.4 Å². The average Bonchev–Trinajstić information content (AvgIpc) is 3.27. The number of amides is 1. The van der Waals surface area contributed by atoms with Crippen LogP contribution in [0.15, 0.2) is 35.3 Å². The number of benzene rings is 1. The molecule has 0 saturated carbocycles. The zero-order valence-electron chi connectivity index (χ0n) is 18.3. The van der Waals surface area contributed by atoms with Crippen LogP contribution >= 0.6 is 0 Å². The number of ether oxygens (including phenoxy) is 3. The number of hydrogen-bond donors (Lipinski definition) is 0. The van der Waals surface area contributed by atoms with Crippen LogP contribution < -0.4 is 15.0 Å². The fraction of sp³-hybridized carbons (Fsp3) is 0.435. The monoisotopic (exact) mass is 428 g/mol. The molecule has 0 bridgehead atoms. The van der Waals surface area contributed by atoms with E-state index in [1.807, 2.05) is 18.2 Å². The molecule has 1 aromatic carbocycles. The number of carbonyl (C=O) groups excluding carboxylic acids is 2. The van der Waals surface area contributed by atoms with Crippen LogP contribution in [0.3, 0.4) is 0 Å². The summed E-state index contributed by atoms with van der Waals surface area (Å²) in [5.74, 6) is 0.386. The normalized spacial score (nSPS) is 15.6. The Hall–Kier alpha value is -3.29. The summed E-state index contributed by atoms with van der Waals surface area (Å²) < 4.78 is 16.9. The zero-order chi connectivity index (χ0) is 22.5. The first kappa shape index (κ1) is 22.4. The summed E-state index contributed by atoms with van der Waals surface area (Å²) in [6.07, 6.45) is 3.51. The molecule has 8 heteroatoms. The third-order valence-corrected chi connectivity index (χ3v) is 5.66. The molecule has 1 aliphatic heterocycles. The van der Waals surface area contributed by atoms with Crippen molar-refractivity contribution in [2.45, 2.75) is 38.8 Å². The highest BCUT2D eigenvalue weighted by molar-refractivity contribution is 5.98. The first-order valence-corrected chi connectivity index (χ1v) is 10.2. The molecule has 2 aromatic rings. The highest BCUT2D eigenvalue weighted by Crippen LogP contribution is 2.28. The van der Waals surface area contributed by atoms with Gasteiger partial charge in [0.05, 0.1) is 21.3 Å². The van der Waals surface area contributed by atoms with Crippen molar-refractivity contribution in [2.75, 3.05) is 27.9 Å². The van der Waals surface area contributed by atoms with Crippen LogP contribution in [-0.4, -0.2) is 55.3 Å². The molecule has 3 rings (SSSR count). The van der Waals surface area contributed by atoms with Crippen molar-refractivity contribution in [3.8, 4) is 11.5 Å². The van der Waals surface area contributed by atoms with E-state index in [0.717, 1.165) is 5.56 Å². The van der Waals surface area contributed by atoms with Gasteiger partial charge in [0, 0.05) is 19.3 Å². The molecule has 0 spiro atoms. The molecule has 1 aliphatic rings. The second-order valence-electron chi connectivity index (χ2n) is 7.49.